The highest BCUT2D eigenvalue weighted by molar-refractivity contribution is 6.33. The number of aryl methyl sites for hydroxylation is 1. The van der Waals surface area contributed by atoms with Gasteiger partial charge in [-0.3, -0.25) is 9.36 Å². The average molecular weight is 532 g/mol. The van der Waals surface area contributed by atoms with Gasteiger partial charge in [-0.2, -0.15) is 4.98 Å². The molecule has 8 rings (SSSR count). The maximum absolute atomic E-state index is 14.7. The zero-order chi connectivity index (χ0) is 26.2. The van der Waals surface area contributed by atoms with Crippen LogP contribution in [0.2, 0.25) is 5.02 Å². The Kier molecular flexibility index (Phi) is 5.86. The van der Waals surface area contributed by atoms with Crippen molar-refractivity contribution in [2.75, 3.05) is 32.1 Å². The lowest BCUT2D eigenvalue weighted by atomic mass is 9.53. The molecule has 2 aromatic heterocycles. The summed E-state index contributed by atoms with van der Waals surface area (Å²) in [6, 6.07) is 8.35. The predicted molar refractivity (Wildman–Crippen MR) is 154 cm³/mol. The minimum atomic E-state index is -0.155. The molecule has 7 heteroatoms. The smallest absolute Gasteiger partial charge is 0.260 e. The van der Waals surface area contributed by atoms with Gasteiger partial charge in [0.25, 0.3) is 5.56 Å². The van der Waals surface area contributed by atoms with Crippen LogP contribution in [0.4, 0.5) is 5.95 Å². The third-order valence-corrected chi connectivity index (χ3v) is 10.6. The second kappa shape index (κ2) is 9.06. The highest BCUT2D eigenvalue weighted by atomic mass is 35.5. The molecule has 0 atom stereocenters. The molecule has 3 heterocycles. The first kappa shape index (κ1) is 24.6. The van der Waals surface area contributed by atoms with Gasteiger partial charge in [-0.05, 0) is 102 Å². The number of fused-ring (bicyclic) bond motifs is 1. The molecule has 5 fully saturated rings. The number of aromatic nitrogens is 3. The Labute approximate surface area is 230 Å². The van der Waals surface area contributed by atoms with E-state index in [1.54, 1.807) is 0 Å². The summed E-state index contributed by atoms with van der Waals surface area (Å²) >= 11 is 6.70. The Hall–Kier alpha value is -2.44. The fraction of sp³-hybridized carbons (Fsp3) is 0.581. The van der Waals surface area contributed by atoms with E-state index in [1.165, 1.54) is 19.3 Å². The number of halogens is 1. The molecule has 6 nitrogen and oxygen atoms in total. The van der Waals surface area contributed by atoms with Crippen LogP contribution in [0.25, 0.3) is 22.2 Å². The van der Waals surface area contributed by atoms with E-state index in [2.05, 4.69) is 28.5 Å². The zero-order valence-electron chi connectivity index (χ0n) is 22.8. The van der Waals surface area contributed by atoms with Crippen LogP contribution >= 0.6 is 11.6 Å². The number of benzene rings is 1. The molecule has 4 saturated carbocycles. The number of nitrogens with zero attached hydrogens (tertiary/aromatic N) is 5. The zero-order valence-corrected chi connectivity index (χ0v) is 23.5. The number of pyridine rings is 1. The van der Waals surface area contributed by atoms with Gasteiger partial charge in [-0.15, -0.1) is 0 Å². The molecule has 0 amide bonds. The Bertz CT molecular complexity index is 1420. The topological polar surface area (TPSA) is 54.3 Å². The van der Waals surface area contributed by atoms with E-state index in [-0.39, 0.29) is 11.1 Å². The molecule has 0 spiro atoms. The molecule has 5 aliphatic rings. The molecule has 1 aliphatic heterocycles. The second-order valence-corrected chi connectivity index (χ2v) is 13.3. The van der Waals surface area contributed by atoms with Crippen molar-refractivity contribution in [2.45, 2.75) is 69.9 Å². The van der Waals surface area contributed by atoms with Crippen LogP contribution in [-0.4, -0.2) is 52.7 Å². The standard InChI is InChI=1S/C31H38ClN5O/c1-19-25-18-33-30(36-10-8-23(9-11-36)35(2)3)34-28(25)37(29(38)27(19)24-6-4-5-7-26(24)32)31-15-20-12-21(16-31)14-22(13-20)17-31/h4-7,18,20-23H,8-17H2,1-3H3. The normalized spacial score (nSPS) is 29.1. The van der Waals surface area contributed by atoms with E-state index in [1.807, 2.05) is 37.4 Å². The third kappa shape index (κ3) is 3.82. The first-order valence-electron chi connectivity index (χ1n) is 14.4. The molecule has 4 bridgehead atoms. The highest BCUT2D eigenvalue weighted by Crippen LogP contribution is 2.59. The number of rotatable bonds is 4. The Morgan fingerprint density at radius 2 is 1.63 bits per heavy atom. The summed E-state index contributed by atoms with van der Waals surface area (Å²) < 4.78 is 2.15. The Balaban J connectivity index is 1.43. The van der Waals surface area contributed by atoms with Gasteiger partial charge in [-0.25, -0.2) is 4.98 Å². The molecule has 1 aromatic carbocycles. The highest BCUT2D eigenvalue weighted by Gasteiger charge is 2.53. The van der Waals surface area contributed by atoms with E-state index in [4.69, 9.17) is 21.6 Å². The van der Waals surface area contributed by atoms with Gasteiger partial charge < -0.3 is 9.80 Å². The van der Waals surface area contributed by atoms with Crippen LogP contribution in [0.5, 0.6) is 0 Å². The first-order chi connectivity index (χ1) is 18.3. The summed E-state index contributed by atoms with van der Waals surface area (Å²) in [5, 5.41) is 1.59. The third-order valence-electron chi connectivity index (χ3n) is 10.3. The van der Waals surface area contributed by atoms with Crippen molar-refractivity contribution in [2.24, 2.45) is 17.8 Å². The van der Waals surface area contributed by atoms with Crippen LogP contribution in [0.15, 0.2) is 35.3 Å². The Morgan fingerprint density at radius 1 is 1.00 bits per heavy atom. The second-order valence-electron chi connectivity index (χ2n) is 12.9. The van der Waals surface area contributed by atoms with Gasteiger partial charge >= 0.3 is 0 Å². The Morgan fingerprint density at radius 3 is 2.24 bits per heavy atom. The van der Waals surface area contributed by atoms with Crippen molar-refractivity contribution in [1.82, 2.24) is 19.4 Å². The number of piperidine rings is 1. The molecular weight excluding hydrogens is 494 g/mol. The largest absolute Gasteiger partial charge is 0.341 e. The first-order valence-corrected chi connectivity index (χ1v) is 14.8. The lowest BCUT2D eigenvalue weighted by Gasteiger charge is -2.57. The summed E-state index contributed by atoms with van der Waals surface area (Å²) in [6.07, 6.45) is 11.4. The molecule has 38 heavy (non-hydrogen) atoms. The lowest BCUT2D eigenvalue weighted by Crippen LogP contribution is -2.55. The number of hydrogen-bond acceptors (Lipinski definition) is 5. The van der Waals surface area contributed by atoms with Gasteiger partial charge in [0.1, 0.15) is 5.65 Å². The van der Waals surface area contributed by atoms with Crippen LogP contribution in [-0.2, 0) is 5.54 Å². The van der Waals surface area contributed by atoms with E-state index in [0.717, 1.165) is 91.1 Å². The van der Waals surface area contributed by atoms with Crippen LogP contribution in [0, 0.1) is 24.7 Å². The van der Waals surface area contributed by atoms with Crippen molar-refractivity contribution in [3.8, 4) is 11.1 Å². The maximum Gasteiger partial charge on any atom is 0.260 e. The van der Waals surface area contributed by atoms with Crippen molar-refractivity contribution in [3.63, 3.8) is 0 Å². The number of anilines is 1. The van der Waals surface area contributed by atoms with E-state index >= 15 is 0 Å². The fourth-order valence-corrected chi connectivity index (χ4v) is 9.03. The SMILES string of the molecule is Cc1c(-c2ccccc2Cl)c(=O)n(C23CC4CC(CC(C4)C2)C3)c2nc(N3CCC(N(C)C)CC3)ncc12. The van der Waals surface area contributed by atoms with Crippen LogP contribution < -0.4 is 10.5 Å². The van der Waals surface area contributed by atoms with E-state index < -0.39 is 0 Å². The van der Waals surface area contributed by atoms with Gasteiger partial charge in [-0.1, -0.05) is 29.8 Å². The average Bonchev–Trinajstić information content (AvgIpc) is 2.88. The number of hydrogen-bond donors (Lipinski definition) is 0. The quantitative estimate of drug-likeness (QED) is 0.421. The van der Waals surface area contributed by atoms with Crippen LogP contribution in [0.3, 0.4) is 0 Å². The van der Waals surface area contributed by atoms with E-state index in [9.17, 15) is 4.79 Å². The summed E-state index contributed by atoms with van der Waals surface area (Å²) in [5.74, 6) is 2.93. The van der Waals surface area contributed by atoms with Crippen molar-refractivity contribution in [3.05, 3.63) is 51.4 Å². The molecule has 0 radical (unpaired) electrons. The molecule has 0 N–H and O–H groups in total. The lowest BCUT2D eigenvalue weighted by molar-refractivity contribution is -0.0426. The van der Waals surface area contributed by atoms with Gasteiger partial charge in [0.15, 0.2) is 0 Å². The summed E-state index contributed by atoms with van der Waals surface area (Å²) in [4.78, 5) is 29.5. The fourth-order valence-electron chi connectivity index (χ4n) is 8.80. The molecule has 0 unspecified atom stereocenters. The van der Waals surface area contributed by atoms with Crippen LogP contribution in [0.1, 0.15) is 56.9 Å². The minimum absolute atomic E-state index is 0.0704. The summed E-state index contributed by atoms with van der Waals surface area (Å²) in [7, 11) is 4.33. The summed E-state index contributed by atoms with van der Waals surface area (Å²) in [5.41, 5.74) is 3.19. The molecule has 1 saturated heterocycles. The maximum atomic E-state index is 14.7. The molecule has 4 aliphatic carbocycles. The van der Waals surface area contributed by atoms with Crippen molar-refractivity contribution in [1.29, 1.82) is 0 Å². The van der Waals surface area contributed by atoms with Gasteiger partial charge in [0.2, 0.25) is 5.95 Å². The molecular formula is C31H38ClN5O. The summed E-state index contributed by atoms with van der Waals surface area (Å²) in [6.45, 7) is 3.91. The minimum Gasteiger partial charge on any atom is -0.341 e. The monoisotopic (exact) mass is 531 g/mol. The molecule has 200 valence electrons. The molecule has 3 aromatic rings. The van der Waals surface area contributed by atoms with Gasteiger partial charge in [0.05, 0.1) is 11.1 Å². The van der Waals surface area contributed by atoms with E-state index in [0.29, 0.717) is 16.6 Å². The van der Waals surface area contributed by atoms with Gasteiger partial charge in [0, 0.05) is 41.3 Å². The van der Waals surface area contributed by atoms with Crippen molar-refractivity contribution >= 4 is 28.6 Å². The predicted octanol–water partition coefficient (Wildman–Crippen LogP) is 5.88. The van der Waals surface area contributed by atoms with Crippen molar-refractivity contribution < 1.29 is 0 Å².